The van der Waals surface area contributed by atoms with Gasteiger partial charge in [-0.15, -0.1) is 0 Å². The molecule has 0 aliphatic carbocycles. The highest BCUT2D eigenvalue weighted by Crippen LogP contribution is 2.15. The molecule has 94 valence electrons. The molecule has 1 aromatic carbocycles. The molecule has 0 atom stereocenters. The van der Waals surface area contributed by atoms with Crippen molar-refractivity contribution in [3.63, 3.8) is 0 Å². The number of hydrogen-bond acceptors (Lipinski definition) is 3. The van der Waals surface area contributed by atoms with Gasteiger partial charge in [0.15, 0.2) is 0 Å². The van der Waals surface area contributed by atoms with Crippen LogP contribution in [0.5, 0.6) is 0 Å². The molecule has 0 spiro atoms. The Kier molecular flexibility index (Phi) is 5.49. The summed E-state index contributed by atoms with van der Waals surface area (Å²) in [5, 5.41) is 2.78. The van der Waals surface area contributed by atoms with Crippen LogP contribution < -0.4 is 10.2 Å². The van der Waals surface area contributed by atoms with Gasteiger partial charge >= 0.3 is 0 Å². The van der Waals surface area contributed by atoms with Gasteiger partial charge in [-0.3, -0.25) is 4.79 Å². The minimum atomic E-state index is -0.115. The Balaban J connectivity index is 2.43. The summed E-state index contributed by atoms with van der Waals surface area (Å²) in [7, 11) is 3.96. The second-order valence-electron chi connectivity index (χ2n) is 4.04. The van der Waals surface area contributed by atoms with Crippen LogP contribution in [0.1, 0.15) is 13.3 Å². The molecule has 0 aliphatic rings. The fraction of sp³-hybridized carbons (Fsp3) is 0.462. The molecule has 0 radical (unpaired) electrons. The van der Waals surface area contributed by atoms with E-state index in [2.05, 4.69) is 5.32 Å². The maximum atomic E-state index is 11.5. The van der Waals surface area contributed by atoms with Gasteiger partial charge in [-0.1, -0.05) is 6.92 Å². The number of benzene rings is 1. The minimum absolute atomic E-state index is 0.114. The predicted octanol–water partition coefficient (Wildman–Crippen LogP) is 2.12. The molecule has 0 saturated carbocycles. The molecule has 0 bridgehead atoms. The number of carbonyl (C=O) groups excluding carboxylic acids is 1. The third-order valence-electron chi connectivity index (χ3n) is 2.25. The van der Waals surface area contributed by atoms with Gasteiger partial charge in [0.05, 0.1) is 0 Å². The molecular weight excluding hydrogens is 216 g/mol. The smallest absolute Gasteiger partial charge is 0.250 e. The second kappa shape index (κ2) is 6.91. The normalized spacial score (nSPS) is 10.1. The first-order chi connectivity index (χ1) is 8.13. The number of anilines is 2. The molecule has 0 saturated heterocycles. The Morgan fingerprint density at radius 1 is 1.29 bits per heavy atom. The van der Waals surface area contributed by atoms with E-state index in [9.17, 15) is 4.79 Å². The van der Waals surface area contributed by atoms with Gasteiger partial charge in [-0.2, -0.15) is 0 Å². The standard InChI is InChI=1S/C13H20N2O2/c1-4-9-17-10-13(16)14-11-5-7-12(8-6-11)15(2)3/h5-8H,4,9-10H2,1-3H3,(H,14,16). The van der Waals surface area contributed by atoms with Crippen molar-refractivity contribution in [1.82, 2.24) is 0 Å². The summed E-state index contributed by atoms with van der Waals surface area (Å²) in [5.41, 5.74) is 1.89. The van der Waals surface area contributed by atoms with Crippen LogP contribution in [0.25, 0.3) is 0 Å². The van der Waals surface area contributed by atoms with Crippen molar-refractivity contribution >= 4 is 17.3 Å². The third-order valence-corrected chi connectivity index (χ3v) is 2.25. The van der Waals surface area contributed by atoms with Gasteiger partial charge in [0.1, 0.15) is 6.61 Å². The van der Waals surface area contributed by atoms with Crippen molar-refractivity contribution in [2.45, 2.75) is 13.3 Å². The molecule has 1 aromatic rings. The van der Waals surface area contributed by atoms with Crippen molar-refractivity contribution < 1.29 is 9.53 Å². The third kappa shape index (κ3) is 4.87. The highest BCUT2D eigenvalue weighted by molar-refractivity contribution is 5.91. The molecule has 0 aliphatic heterocycles. The number of ether oxygens (including phenoxy) is 1. The van der Waals surface area contributed by atoms with Crippen molar-refractivity contribution in [1.29, 1.82) is 0 Å². The summed E-state index contributed by atoms with van der Waals surface area (Å²) in [5.74, 6) is -0.115. The summed E-state index contributed by atoms with van der Waals surface area (Å²) in [4.78, 5) is 13.5. The van der Waals surface area contributed by atoms with Crippen LogP contribution in [-0.2, 0) is 9.53 Å². The van der Waals surface area contributed by atoms with Gasteiger partial charge < -0.3 is 15.0 Å². The Bertz CT molecular complexity index is 347. The summed E-state index contributed by atoms with van der Waals surface area (Å²) in [6.45, 7) is 2.74. The fourth-order valence-electron chi connectivity index (χ4n) is 1.35. The molecule has 0 fully saturated rings. The molecule has 0 heterocycles. The number of hydrogen-bond donors (Lipinski definition) is 1. The van der Waals surface area contributed by atoms with E-state index < -0.39 is 0 Å². The second-order valence-corrected chi connectivity index (χ2v) is 4.04. The van der Waals surface area contributed by atoms with E-state index in [4.69, 9.17) is 4.74 Å². The molecule has 0 unspecified atom stereocenters. The van der Waals surface area contributed by atoms with E-state index in [1.165, 1.54) is 0 Å². The van der Waals surface area contributed by atoms with Crippen LogP contribution in [0.4, 0.5) is 11.4 Å². The van der Waals surface area contributed by atoms with E-state index >= 15 is 0 Å². The Labute approximate surface area is 103 Å². The SMILES string of the molecule is CCCOCC(=O)Nc1ccc(N(C)C)cc1. The van der Waals surface area contributed by atoms with Crippen LogP contribution in [0, 0.1) is 0 Å². The van der Waals surface area contributed by atoms with Gasteiger partial charge in [-0.05, 0) is 30.7 Å². The van der Waals surface area contributed by atoms with E-state index in [0.29, 0.717) is 6.61 Å². The van der Waals surface area contributed by atoms with Crippen LogP contribution in [0.3, 0.4) is 0 Å². The lowest BCUT2D eigenvalue weighted by Gasteiger charge is -2.13. The van der Waals surface area contributed by atoms with Crippen LogP contribution in [0.2, 0.25) is 0 Å². The van der Waals surface area contributed by atoms with Crippen molar-refractivity contribution in [3.8, 4) is 0 Å². The van der Waals surface area contributed by atoms with Crippen molar-refractivity contribution in [2.75, 3.05) is 37.5 Å². The first kappa shape index (κ1) is 13.5. The Morgan fingerprint density at radius 3 is 2.47 bits per heavy atom. The summed E-state index contributed by atoms with van der Waals surface area (Å²) < 4.78 is 5.16. The topological polar surface area (TPSA) is 41.6 Å². The molecule has 1 N–H and O–H groups in total. The molecule has 17 heavy (non-hydrogen) atoms. The maximum Gasteiger partial charge on any atom is 0.250 e. The summed E-state index contributed by atoms with van der Waals surface area (Å²) in [6, 6.07) is 7.69. The lowest BCUT2D eigenvalue weighted by atomic mass is 10.2. The van der Waals surface area contributed by atoms with Crippen LogP contribution >= 0.6 is 0 Å². The van der Waals surface area contributed by atoms with Gasteiger partial charge in [0.2, 0.25) is 5.91 Å². The number of amides is 1. The van der Waals surface area contributed by atoms with Crippen LogP contribution in [-0.4, -0.2) is 33.2 Å². The fourth-order valence-corrected chi connectivity index (χ4v) is 1.35. The Morgan fingerprint density at radius 2 is 1.94 bits per heavy atom. The number of nitrogens with one attached hydrogen (secondary N) is 1. The van der Waals surface area contributed by atoms with Crippen molar-refractivity contribution in [3.05, 3.63) is 24.3 Å². The maximum absolute atomic E-state index is 11.5. The summed E-state index contributed by atoms with van der Waals surface area (Å²) in [6.07, 6.45) is 0.921. The van der Waals surface area contributed by atoms with E-state index in [1.807, 2.05) is 50.2 Å². The summed E-state index contributed by atoms with van der Waals surface area (Å²) >= 11 is 0. The zero-order valence-corrected chi connectivity index (χ0v) is 10.7. The van der Waals surface area contributed by atoms with Crippen LogP contribution in [0.15, 0.2) is 24.3 Å². The highest BCUT2D eigenvalue weighted by Gasteiger charge is 2.02. The largest absolute Gasteiger partial charge is 0.378 e. The van der Waals surface area contributed by atoms with E-state index in [0.717, 1.165) is 17.8 Å². The molecule has 1 amide bonds. The van der Waals surface area contributed by atoms with Gasteiger partial charge in [0, 0.05) is 32.1 Å². The minimum Gasteiger partial charge on any atom is -0.378 e. The average Bonchev–Trinajstić information content (AvgIpc) is 2.30. The molecular formula is C13H20N2O2. The number of carbonyl (C=O) groups is 1. The quantitative estimate of drug-likeness (QED) is 0.769. The number of rotatable bonds is 6. The lowest BCUT2D eigenvalue weighted by Crippen LogP contribution is -2.18. The monoisotopic (exact) mass is 236 g/mol. The molecule has 0 aromatic heterocycles. The first-order valence-electron chi connectivity index (χ1n) is 5.78. The number of nitrogens with zero attached hydrogens (tertiary/aromatic N) is 1. The zero-order valence-electron chi connectivity index (χ0n) is 10.7. The van der Waals surface area contributed by atoms with E-state index in [-0.39, 0.29) is 12.5 Å². The Hall–Kier alpha value is -1.55. The van der Waals surface area contributed by atoms with Crippen molar-refractivity contribution in [2.24, 2.45) is 0 Å². The zero-order chi connectivity index (χ0) is 12.7. The molecule has 4 heteroatoms. The van der Waals surface area contributed by atoms with Gasteiger partial charge in [-0.25, -0.2) is 0 Å². The van der Waals surface area contributed by atoms with E-state index in [1.54, 1.807) is 0 Å². The lowest BCUT2D eigenvalue weighted by molar-refractivity contribution is -0.120. The first-order valence-corrected chi connectivity index (χ1v) is 5.78. The molecule has 4 nitrogen and oxygen atoms in total. The van der Waals surface area contributed by atoms with Gasteiger partial charge in [0.25, 0.3) is 0 Å². The average molecular weight is 236 g/mol. The predicted molar refractivity (Wildman–Crippen MR) is 70.5 cm³/mol. The highest BCUT2D eigenvalue weighted by atomic mass is 16.5. The molecule has 1 rings (SSSR count).